The van der Waals surface area contributed by atoms with Gasteiger partial charge in [-0.05, 0) is 12.1 Å². The predicted octanol–water partition coefficient (Wildman–Crippen LogP) is 0.595. The van der Waals surface area contributed by atoms with Gasteiger partial charge < -0.3 is 11.1 Å². The number of aromatic nitrogens is 3. The Morgan fingerprint density at radius 2 is 2.06 bits per heavy atom. The molecule has 2 aromatic rings. The summed E-state index contributed by atoms with van der Waals surface area (Å²) in [4.78, 5) is 15.4. The Balaban J connectivity index is 2.09. The second kappa shape index (κ2) is 4.78. The summed E-state index contributed by atoms with van der Waals surface area (Å²) in [6.45, 7) is 0.0758. The Kier molecular flexibility index (Phi) is 3.18. The highest BCUT2D eigenvalue weighted by molar-refractivity contribution is 5.94. The van der Waals surface area contributed by atoms with E-state index in [4.69, 9.17) is 5.73 Å². The summed E-state index contributed by atoms with van der Waals surface area (Å²) < 4.78 is 26.3. The third-order valence-corrected chi connectivity index (χ3v) is 2.22. The quantitative estimate of drug-likeness (QED) is 0.697. The topological polar surface area (TPSA) is 96.7 Å². The van der Waals surface area contributed by atoms with Crippen LogP contribution in [0.1, 0.15) is 16.2 Å². The van der Waals surface area contributed by atoms with E-state index in [9.17, 15) is 13.6 Å². The fourth-order valence-corrected chi connectivity index (χ4v) is 1.30. The van der Waals surface area contributed by atoms with Gasteiger partial charge >= 0.3 is 0 Å². The highest BCUT2D eigenvalue weighted by atomic mass is 19.1. The van der Waals surface area contributed by atoms with Crippen molar-refractivity contribution in [3.8, 4) is 0 Å². The number of H-pyrrole nitrogens is 1. The van der Waals surface area contributed by atoms with Crippen LogP contribution in [0.15, 0.2) is 18.5 Å². The minimum atomic E-state index is -0.972. The Bertz CT molecular complexity index is 547. The average molecular weight is 253 g/mol. The van der Waals surface area contributed by atoms with E-state index in [0.717, 1.165) is 12.1 Å². The maximum absolute atomic E-state index is 13.1. The molecule has 0 radical (unpaired) electrons. The molecule has 0 unspecified atom stereocenters. The van der Waals surface area contributed by atoms with Gasteiger partial charge in [-0.25, -0.2) is 13.8 Å². The van der Waals surface area contributed by atoms with Crippen LogP contribution in [-0.4, -0.2) is 21.1 Å². The molecule has 6 nitrogen and oxygen atoms in total. The molecule has 94 valence electrons. The first-order valence-electron chi connectivity index (χ1n) is 4.95. The van der Waals surface area contributed by atoms with Gasteiger partial charge in [-0.3, -0.25) is 9.89 Å². The van der Waals surface area contributed by atoms with E-state index in [1.165, 1.54) is 6.33 Å². The van der Waals surface area contributed by atoms with Crippen molar-refractivity contribution in [1.29, 1.82) is 0 Å². The molecule has 1 heterocycles. The molecule has 0 fully saturated rings. The standard InChI is InChI=1S/C10H9F2N5O/c11-6-1-5(2-7(12)9(6)13)10(18)14-3-8-15-4-16-17-8/h1-2,4H,3,13H2,(H,14,18)(H,15,16,17). The van der Waals surface area contributed by atoms with Gasteiger partial charge in [0.25, 0.3) is 5.91 Å². The number of nitrogen functional groups attached to an aromatic ring is 1. The first-order valence-corrected chi connectivity index (χ1v) is 4.95. The fourth-order valence-electron chi connectivity index (χ4n) is 1.30. The van der Waals surface area contributed by atoms with Gasteiger partial charge in [0, 0.05) is 5.56 Å². The molecule has 0 bridgehead atoms. The highest BCUT2D eigenvalue weighted by Gasteiger charge is 2.13. The number of carbonyl (C=O) groups excluding carboxylic acids is 1. The second-order valence-electron chi connectivity index (χ2n) is 3.47. The molecule has 8 heteroatoms. The van der Waals surface area contributed by atoms with Crippen LogP contribution in [0.3, 0.4) is 0 Å². The largest absolute Gasteiger partial charge is 0.394 e. The molecule has 18 heavy (non-hydrogen) atoms. The van der Waals surface area contributed by atoms with Gasteiger partial charge in [-0.2, -0.15) is 5.10 Å². The molecular formula is C10H9F2N5O. The van der Waals surface area contributed by atoms with Crippen molar-refractivity contribution in [3.05, 3.63) is 41.5 Å². The Labute approximate surface area is 100 Å². The van der Waals surface area contributed by atoms with E-state index in [-0.39, 0.29) is 12.1 Å². The number of benzene rings is 1. The molecular weight excluding hydrogens is 244 g/mol. The molecule has 0 saturated carbocycles. The van der Waals surface area contributed by atoms with Crippen molar-refractivity contribution < 1.29 is 13.6 Å². The number of halogens is 2. The zero-order chi connectivity index (χ0) is 13.1. The lowest BCUT2D eigenvalue weighted by molar-refractivity contribution is 0.0949. The lowest BCUT2D eigenvalue weighted by atomic mass is 10.1. The van der Waals surface area contributed by atoms with Crippen LogP contribution in [0.4, 0.5) is 14.5 Å². The van der Waals surface area contributed by atoms with Crippen LogP contribution in [0.25, 0.3) is 0 Å². The Morgan fingerprint density at radius 1 is 1.39 bits per heavy atom. The fraction of sp³-hybridized carbons (Fsp3) is 0.100. The Hall–Kier alpha value is -2.51. The van der Waals surface area contributed by atoms with Crippen LogP contribution in [0, 0.1) is 11.6 Å². The predicted molar refractivity (Wildman–Crippen MR) is 58.3 cm³/mol. The molecule has 0 aliphatic rings. The molecule has 1 aromatic carbocycles. The first kappa shape index (κ1) is 12.0. The molecule has 0 spiro atoms. The number of nitrogens with two attached hydrogens (primary N) is 1. The van der Waals surface area contributed by atoms with Gasteiger partial charge in [-0.1, -0.05) is 0 Å². The summed E-state index contributed by atoms with van der Waals surface area (Å²) in [6.07, 6.45) is 1.28. The van der Waals surface area contributed by atoms with Crippen molar-refractivity contribution in [2.75, 3.05) is 5.73 Å². The average Bonchev–Trinajstić information content (AvgIpc) is 2.85. The maximum atomic E-state index is 13.1. The molecule has 0 aliphatic heterocycles. The van der Waals surface area contributed by atoms with E-state index in [1.807, 2.05) is 0 Å². The van der Waals surface area contributed by atoms with Gasteiger partial charge in [0.05, 0.1) is 6.54 Å². The summed E-state index contributed by atoms with van der Waals surface area (Å²) in [5.74, 6) is -2.15. The van der Waals surface area contributed by atoms with Crippen LogP contribution >= 0.6 is 0 Å². The molecule has 0 aliphatic carbocycles. The van der Waals surface area contributed by atoms with Crippen molar-refractivity contribution in [3.63, 3.8) is 0 Å². The molecule has 2 rings (SSSR count). The SMILES string of the molecule is Nc1c(F)cc(C(=O)NCc2ncn[nH]2)cc1F. The normalized spacial score (nSPS) is 10.3. The van der Waals surface area contributed by atoms with E-state index in [1.54, 1.807) is 0 Å². The van der Waals surface area contributed by atoms with Crippen molar-refractivity contribution in [1.82, 2.24) is 20.5 Å². The van der Waals surface area contributed by atoms with E-state index in [0.29, 0.717) is 5.82 Å². The van der Waals surface area contributed by atoms with Crippen LogP contribution in [0.2, 0.25) is 0 Å². The van der Waals surface area contributed by atoms with Crippen molar-refractivity contribution in [2.24, 2.45) is 0 Å². The van der Waals surface area contributed by atoms with Gasteiger partial charge in [0.1, 0.15) is 29.5 Å². The lowest BCUT2D eigenvalue weighted by Crippen LogP contribution is -2.24. The number of hydrogen-bond acceptors (Lipinski definition) is 4. The summed E-state index contributed by atoms with van der Waals surface area (Å²) in [6, 6.07) is 1.74. The minimum absolute atomic E-state index is 0.0758. The van der Waals surface area contributed by atoms with Crippen LogP contribution in [0.5, 0.6) is 0 Å². The van der Waals surface area contributed by atoms with Gasteiger partial charge in [0.2, 0.25) is 0 Å². The van der Waals surface area contributed by atoms with Crippen molar-refractivity contribution >= 4 is 11.6 Å². The summed E-state index contributed by atoms with van der Waals surface area (Å²) in [7, 11) is 0. The van der Waals surface area contributed by atoms with Crippen LogP contribution < -0.4 is 11.1 Å². The van der Waals surface area contributed by atoms with E-state index < -0.39 is 23.2 Å². The first-order chi connectivity index (χ1) is 8.58. The monoisotopic (exact) mass is 253 g/mol. The molecule has 4 N–H and O–H groups in total. The number of aromatic amines is 1. The number of nitrogens with zero attached hydrogens (tertiary/aromatic N) is 2. The number of rotatable bonds is 3. The van der Waals surface area contributed by atoms with Gasteiger partial charge in [0.15, 0.2) is 0 Å². The molecule has 0 atom stereocenters. The zero-order valence-corrected chi connectivity index (χ0v) is 9.08. The van der Waals surface area contributed by atoms with E-state index >= 15 is 0 Å². The number of anilines is 1. The third-order valence-electron chi connectivity index (χ3n) is 2.22. The minimum Gasteiger partial charge on any atom is -0.394 e. The number of carbonyl (C=O) groups is 1. The highest BCUT2D eigenvalue weighted by Crippen LogP contribution is 2.17. The molecule has 1 aromatic heterocycles. The summed E-state index contributed by atoms with van der Waals surface area (Å²) in [5.41, 5.74) is 4.33. The lowest BCUT2D eigenvalue weighted by Gasteiger charge is -2.05. The molecule has 1 amide bonds. The second-order valence-corrected chi connectivity index (χ2v) is 3.47. The number of amides is 1. The Morgan fingerprint density at radius 3 is 2.61 bits per heavy atom. The van der Waals surface area contributed by atoms with Gasteiger partial charge in [-0.15, -0.1) is 0 Å². The summed E-state index contributed by atoms with van der Waals surface area (Å²) in [5, 5.41) is 8.55. The maximum Gasteiger partial charge on any atom is 0.251 e. The molecule has 0 saturated heterocycles. The third kappa shape index (κ3) is 2.42. The zero-order valence-electron chi connectivity index (χ0n) is 9.08. The number of hydrogen-bond donors (Lipinski definition) is 3. The van der Waals surface area contributed by atoms with Crippen molar-refractivity contribution in [2.45, 2.75) is 6.54 Å². The van der Waals surface area contributed by atoms with Crippen LogP contribution in [-0.2, 0) is 6.54 Å². The number of nitrogens with one attached hydrogen (secondary N) is 2. The van der Waals surface area contributed by atoms with E-state index in [2.05, 4.69) is 20.5 Å². The summed E-state index contributed by atoms with van der Waals surface area (Å²) >= 11 is 0. The smallest absolute Gasteiger partial charge is 0.251 e.